The molecule has 6 nitrogen and oxygen atoms in total. The van der Waals surface area contributed by atoms with Crippen molar-refractivity contribution in [3.63, 3.8) is 0 Å². The van der Waals surface area contributed by atoms with Crippen LogP contribution in [0.4, 0.5) is 19.0 Å². The Kier molecular flexibility index (Phi) is 3.91. The van der Waals surface area contributed by atoms with Gasteiger partial charge in [-0.3, -0.25) is 4.68 Å². The predicted octanol–water partition coefficient (Wildman–Crippen LogP) is 4.04. The molecular weight excluding hydrogens is 369 g/mol. The largest absolute Gasteiger partial charge is 0.416 e. The number of alkyl halides is 3. The Bertz CT molecular complexity index is 1200. The van der Waals surface area contributed by atoms with Crippen molar-refractivity contribution < 1.29 is 13.2 Å². The maximum absolute atomic E-state index is 13.0. The number of fused-ring (bicyclic) bond motifs is 1. The van der Waals surface area contributed by atoms with E-state index in [1.165, 1.54) is 16.8 Å². The van der Waals surface area contributed by atoms with Crippen LogP contribution in [0, 0.1) is 13.8 Å². The topological polar surface area (TPSA) is 74.6 Å². The van der Waals surface area contributed by atoms with Gasteiger partial charge in [0, 0.05) is 24.1 Å². The van der Waals surface area contributed by atoms with E-state index in [1.807, 2.05) is 19.9 Å². The highest BCUT2D eigenvalue weighted by molar-refractivity contribution is 5.83. The zero-order valence-corrected chi connectivity index (χ0v) is 15.4. The van der Waals surface area contributed by atoms with Crippen LogP contribution in [-0.4, -0.2) is 24.5 Å². The second kappa shape index (κ2) is 6.08. The minimum Gasteiger partial charge on any atom is -0.384 e. The first-order valence-electron chi connectivity index (χ1n) is 8.49. The summed E-state index contributed by atoms with van der Waals surface area (Å²) in [5, 5.41) is 9.72. The third kappa shape index (κ3) is 2.88. The van der Waals surface area contributed by atoms with E-state index in [-0.39, 0.29) is 5.82 Å². The Morgan fingerprint density at radius 2 is 1.79 bits per heavy atom. The van der Waals surface area contributed by atoms with Gasteiger partial charge in [0.1, 0.15) is 5.82 Å². The maximum atomic E-state index is 13.0. The molecule has 0 aliphatic rings. The van der Waals surface area contributed by atoms with E-state index in [0.717, 1.165) is 28.8 Å². The average Bonchev–Trinajstić information content (AvgIpc) is 3.14. The van der Waals surface area contributed by atoms with Crippen LogP contribution in [0.25, 0.3) is 28.1 Å². The highest BCUT2D eigenvalue weighted by Gasteiger charge is 2.30. The first kappa shape index (κ1) is 18.0. The van der Waals surface area contributed by atoms with Crippen LogP contribution in [0.15, 0.2) is 36.4 Å². The van der Waals surface area contributed by atoms with Gasteiger partial charge in [-0.05, 0) is 37.6 Å². The van der Waals surface area contributed by atoms with E-state index in [1.54, 1.807) is 17.8 Å². The van der Waals surface area contributed by atoms with Crippen molar-refractivity contribution in [2.75, 3.05) is 5.73 Å². The minimum atomic E-state index is -4.43. The Morgan fingerprint density at radius 3 is 2.50 bits per heavy atom. The van der Waals surface area contributed by atoms with E-state index >= 15 is 0 Å². The molecule has 144 valence electrons. The molecule has 0 radical (unpaired) electrons. The van der Waals surface area contributed by atoms with Gasteiger partial charge < -0.3 is 5.73 Å². The number of benzene rings is 1. The molecule has 1 aromatic carbocycles. The van der Waals surface area contributed by atoms with Gasteiger partial charge in [-0.2, -0.15) is 28.1 Å². The van der Waals surface area contributed by atoms with Crippen molar-refractivity contribution in [1.29, 1.82) is 0 Å². The van der Waals surface area contributed by atoms with Crippen LogP contribution in [0.1, 0.15) is 16.8 Å². The fraction of sp³-hybridized carbons (Fsp3) is 0.211. The van der Waals surface area contributed by atoms with Crippen molar-refractivity contribution in [2.24, 2.45) is 7.05 Å². The summed E-state index contributed by atoms with van der Waals surface area (Å²) in [5.41, 5.74) is 8.53. The first-order valence-corrected chi connectivity index (χ1v) is 8.49. The average molecular weight is 386 g/mol. The van der Waals surface area contributed by atoms with Gasteiger partial charge >= 0.3 is 6.18 Å². The molecule has 3 heterocycles. The molecule has 4 rings (SSSR count). The van der Waals surface area contributed by atoms with Crippen molar-refractivity contribution in [2.45, 2.75) is 20.0 Å². The molecule has 0 fully saturated rings. The number of hydrogen-bond donors (Lipinski definition) is 1. The molecule has 0 amide bonds. The number of halogens is 3. The molecule has 2 N–H and O–H groups in total. The zero-order valence-electron chi connectivity index (χ0n) is 15.4. The second-order valence-electron chi connectivity index (χ2n) is 6.65. The summed E-state index contributed by atoms with van der Waals surface area (Å²) >= 11 is 0. The normalized spacial score (nSPS) is 12.1. The van der Waals surface area contributed by atoms with E-state index in [9.17, 15) is 13.2 Å². The minimum absolute atomic E-state index is 0.276. The zero-order chi connectivity index (χ0) is 20.2. The monoisotopic (exact) mass is 386 g/mol. The molecule has 3 aromatic heterocycles. The Balaban J connectivity index is 1.83. The van der Waals surface area contributed by atoms with Gasteiger partial charge in [0.25, 0.3) is 0 Å². The lowest BCUT2D eigenvalue weighted by molar-refractivity contribution is -0.137. The van der Waals surface area contributed by atoms with Crippen molar-refractivity contribution in [3.05, 3.63) is 53.2 Å². The summed E-state index contributed by atoms with van der Waals surface area (Å²) in [6, 6.07) is 8.35. The number of pyridine rings is 1. The third-order valence-electron chi connectivity index (χ3n) is 4.59. The fourth-order valence-electron chi connectivity index (χ4n) is 3.33. The van der Waals surface area contributed by atoms with Crippen LogP contribution >= 0.6 is 0 Å². The van der Waals surface area contributed by atoms with Gasteiger partial charge in [-0.1, -0.05) is 12.1 Å². The van der Waals surface area contributed by atoms with Crippen molar-refractivity contribution in [1.82, 2.24) is 24.5 Å². The summed E-state index contributed by atoms with van der Waals surface area (Å²) in [5.74, 6) is 0.751. The lowest BCUT2D eigenvalue weighted by Crippen LogP contribution is -2.06. The molecule has 0 atom stereocenters. The quantitative estimate of drug-likeness (QED) is 0.564. The number of nitrogens with zero attached hydrogens (tertiary/aromatic N) is 5. The molecule has 4 aromatic rings. The maximum Gasteiger partial charge on any atom is 0.416 e. The second-order valence-corrected chi connectivity index (χ2v) is 6.65. The highest BCUT2D eigenvalue weighted by atomic mass is 19.4. The van der Waals surface area contributed by atoms with Gasteiger partial charge in [0.2, 0.25) is 0 Å². The Hall–Kier alpha value is -3.36. The summed E-state index contributed by atoms with van der Waals surface area (Å²) in [7, 11) is 1.80. The van der Waals surface area contributed by atoms with Crippen LogP contribution in [0.2, 0.25) is 0 Å². The van der Waals surface area contributed by atoms with Crippen molar-refractivity contribution >= 4 is 16.9 Å². The summed E-state index contributed by atoms with van der Waals surface area (Å²) in [6.07, 6.45) is -4.43. The van der Waals surface area contributed by atoms with Gasteiger partial charge in [0.15, 0.2) is 11.5 Å². The Morgan fingerprint density at radius 1 is 1.04 bits per heavy atom. The molecule has 28 heavy (non-hydrogen) atoms. The number of nitrogens with two attached hydrogens (primary N) is 1. The first-order chi connectivity index (χ1) is 13.1. The molecule has 0 saturated carbocycles. The lowest BCUT2D eigenvalue weighted by Gasteiger charge is -2.07. The number of rotatable bonds is 2. The number of nitrogen functional groups attached to an aromatic ring is 1. The van der Waals surface area contributed by atoms with Gasteiger partial charge in [-0.15, -0.1) is 0 Å². The number of hydrogen-bond acceptors (Lipinski definition) is 4. The standard InChI is InChI=1S/C19H17F3N6/c1-10-7-16(24-18-17(10)11(2)25-27(18)3)28-15(23)9-14(26-28)12-5-4-6-13(8-12)19(20,21)22/h4-9H,23H2,1-3H3. The van der Waals surface area contributed by atoms with Crippen LogP contribution < -0.4 is 5.73 Å². The van der Waals surface area contributed by atoms with Gasteiger partial charge in [0.05, 0.1) is 17.0 Å². The SMILES string of the molecule is Cc1cc(-n2nc(-c3cccc(C(F)(F)F)c3)cc2N)nc2c1c(C)nn2C. The van der Waals surface area contributed by atoms with E-state index in [0.29, 0.717) is 22.7 Å². The molecule has 0 unspecified atom stereocenters. The molecule has 0 bridgehead atoms. The fourth-order valence-corrected chi connectivity index (χ4v) is 3.33. The van der Waals surface area contributed by atoms with Crippen molar-refractivity contribution in [3.8, 4) is 17.1 Å². The molecule has 0 aliphatic carbocycles. The Labute approximate surface area is 158 Å². The molecule has 0 aliphatic heterocycles. The van der Waals surface area contributed by atoms with Gasteiger partial charge in [-0.25, -0.2) is 4.98 Å². The van der Waals surface area contributed by atoms with Crippen LogP contribution in [0.5, 0.6) is 0 Å². The molecule has 0 saturated heterocycles. The highest BCUT2D eigenvalue weighted by Crippen LogP contribution is 2.32. The number of aryl methyl sites for hydroxylation is 3. The smallest absolute Gasteiger partial charge is 0.384 e. The van der Waals surface area contributed by atoms with E-state index in [2.05, 4.69) is 15.2 Å². The number of anilines is 1. The summed E-state index contributed by atoms with van der Waals surface area (Å²) in [6.45, 7) is 3.85. The van der Waals surface area contributed by atoms with Crippen LogP contribution in [0.3, 0.4) is 0 Å². The molecule has 9 heteroatoms. The summed E-state index contributed by atoms with van der Waals surface area (Å²) < 4.78 is 42.1. The molecular formula is C19H17F3N6. The molecule has 0 spiro atoms. The van der Waals surface area contributed by atoms with Crippen LogP contribution in [-0.2, 0) is 13.2 Å². The summed E-state index contributed by atoms with van der Waals surface area (Å²) in [4.78, 5) is 4.59. The number of aromatic nitrogens is 5. The van der Waals surface area contributed by atoms with E-state index in [4.69, 9.17) is 5.73 Å². The van der Waals surface area contributed by atoms with E-state index < -0.39 is 11.7 Å². The third-order valence-corrected chi connectivity index (χ3v) is 4.59. The lowest BCUT2D eigenvalue weighted by atomic mass is 10.1. The predicted molar refractivity (Wildman–Crippen MR) is 100.0 cm³/mol.